The van der Waals surface area contributed by atoms with Crippen molar-refractivity contribution in [3.8, 4) is 0 Å². The number of rotatable bonds is 4. The van der Waals surface area contributed by atoms with Gasteiger partial charge in [0.25, 0.3) is 0 Å². The lowest BCUT2D eigenvalue weighted by atomic mass is 11.7. The molecule has 0 unspecified atom stereocenters. The zero-order chi connectivity index (χ0) is 8.20. The van der Waals surface area contributed by atoms with Gasteiger partial charge in [-0.2, -0.15) is 0 Å². The van der Waals surface area contributed by atoms with E-state index >= 15 is 0 Å². The van der Waals surface area contributed by atoms with Crippen LogP contribution in [0.5, 0.6) is 0 Å². The van der Waals surface area contributed by atoms with Gasteiger partial charge in [-0.3, -0.25) is 0 Å². The molecule has 62 valence electrons. The lowest BCUT2D eigenvalue weighted by molar-refractivity contribution is -0.341. The fourth-order valence-corrected chi connectivity index (χ4v) is 2.59. The molecule has 10 heavy (non-hydrogen) atoms. The SMILES string of the molecule is CSC(OP(=O)([O-])[O-])SC. The second-order valence-electron chi connectivity index (χ2n) is 1.31. The highest BCUT2D eigenvalue weighted by Crippen LogP contribution is 2.34. The van der Waals surface area contributed by atoms with E-state index in [1.54, 1.807) is 12.5 Å². The van der Waals surface area contributed by atoms with Crippen molar-refractivity contribution >= 4 is 31.3 Å². The van der Waals surface area contributed by atoms with Gasteiger partial charge >= 0.3 is 0 Å². The van der Waals surface area contributed by atoms with Crippen molar-refractivity contribution in [1.82, 2.24) is 0 Å². The molecule has 0 aromatic rings. The van der Waals surface area contributed by atoms with E-state index in [0.717, 1.165) is 0 Å². The van der Waals surface area contributed by atoms with Crippen molar-refractivity contribution in [1.29, 1.82) is 0 Å². The molecule has 0 saturated heterocycles. The summed E-state index contributed by atoms with van der Waals surface area (Å²) < 4.78 is 13.5. The maximum atomic E-state index is 9.98. The van der Waals surface area contributed by atoms with Crippen LogP contribution in [0.1, 0.15) is 0 Å². The third-order valence-electron chi connectivity index (χ3n) is 0.600. The van der Waals surface area contributed by atoms with E-state index in [2.05, 4.69) is 4.52 Å². The summed E-state index contributed by atoms with van der Waals surface area (Å²) in [6.45, 7) is 0. The maximum Gasteiger partial charge on any atom is 0.154 e. The molecule has 0 bridgehead atoms. The van der Waals surface area contributed by atoms with Crippen molar-refractivity contribution < 1.29 is 18.9 Å². The Bertz CT molecular complexity index is 130. The van der Waals surface area contributed by atoms with E-state index in [9.17, 15) is 14.4 Å². The Labute approximate surface area is 68.0 Å². The second-order valence-corrected chi connectivity index (χ2v) is 4.52. The van der Waals surface area contributed by atoms with Gasteiger partial charge in [-0.05, 0) is 12.5 Å². The summed E-state index contributed by atoms with van der Waals surface area (Å²) in [5.74, 6) is 0. The molecule has 0 saturated carbocycles. The molecule has 0 spiro atoms. The minimum absolute atomic E-state index is 0.610. The average Bonchev–Trinajstić information content (AvgIpc) is 1.81. The van der Waals surface area contributed by atoms with Crippen molar-refractivity contribution in [2.45, 2.75) is 4.77 Å². The summed E-state index contributed by atoms with van der Waals surface area (Å²) in [6, 6.07) is 0. The van der Waals surface area contributed by atoms with E-state index < -0.39 is 12.6 Å². The Kier molecular flexibility index (Phi) is 5.02. The van der Waals surface area contributed by atoms with Crippen molar-refractivity contribution in [2.75, 3.05) is 12.5 Å². The topological polar surface area (TPSA) is 72.4 Å². The monoisotopic (exact) mass is 202 g/mol. The number of thioether (sulfide) groups is 2. The van der Waals surface area contributed by atoms with E-state index in [0.29, 0.717) is 0 Å². The van der Waals surface area contributed by atoms with Crippen molar-refractivity contribution in [2.24, 2.45) is 0 Å². The molecule has 0 aromatic carbocycles. The fourth-order valence-electron chi connectivity index (χ4n) is 0.288. The zero-order valence-corrected chi connectivity index (χ0v) is 8.00. The van der Waals surface area contributed by atoms with Gasteiger partial charge in [-0.1, -0.05) is 0 Å². The van der Waals surface area contributed by atoms with Gasteiger partial charge in [-0.25, -0.2) is 0 Å². The molecule has 0 amide bonds. The van der Waals surface area contributed by atoms with Crippen LogP contribution in [0.15, 0.2) is 0 Å². The third kappa shape index (κ3) is 5.58. The zero-order valence-electron chi connectivity index (χ0n) is 5.47. The van der Waals surface area contributed by atoms with Crippen LogP contribution in [0.3, 0.4) is 0 Å². The Morgan fingerprint density at radius 3 is 1.90 bits per heavy atom. The molecular weight excluding hydrogens is 195 g/mol. The smallest absolute Gasteiger partial charge is 0.154 e. The lowest BCUT2D eigenvalue weighted by Crippen LogP contribution is -2.19. The van der Waals surface area contributed by atoms with E-state index in [-0.39, 0.29) is 0 Å². The molecule has 0 aliphatic heterocycles. The summed E-state index contributed by atoms with van der Waals surface area (Å²) in [4.78, 5) is 20.0. The van der Waals surface area contributed by atoms with Crippen LogP contribution in [-0.2, 0) is 9.09 Å². The molecule has 0 aliphatic rings. The largest absolute Gasteiger partial charge is 0.790 e. The van der Waals surface area contributed by atoms with Crippen LogP contribution < -0.4 is 9.79 Å². The second kappa shape index (κ2) is 4.64. The molecule has 4 nitrogen and oxygen atoms in total. The van der Waals surface area contributed by atoms with Crippen LogP contribution in [-0.4, -0.2) is 17.3 Å². The standard InChI is InChI=1S/C3H9O4PS2/c1-9-3(10-2)7-8(4,5)6/h3H,1-2H3,(H2,4,5,6)/p-2. The van der Waals surface area contributed by atoms with Gasteiger partial charge in [0.15, 0.2) is 4.77 Å². The van der Waals surface area contributed by atoms with Crippen molar-refractivity contribution in [3.63, 3.8) is 0 Å². The first-order valence-electron chi connectivity index (χ1n) is 2.25. The van der Waals surface area contributed by atoms with Crippen LogP contribution in [0.25, 0.3) is 0 Å². The van der Waals surface area contributed by atoms with Gasteiger partial charge in [0.1, 0.15) is 0 Å². The number of hydrogen-bond acceptors (Lipinski definition) is 6. The van der Waals surface area contributed by atoms with Gasteiger partial charge in [0, 0.05) is 0 Å². The number of hydrogen-bond donors (Lipinski definition) is 0. The van der Waals surface area contributed by atoms with Crippen molar-refractivity contribution in [3.05, 3.63) is 0 Å². The highest BCUT2D eigenvalue weighted by atomic mass is 32.2. The fraction of sp³-hybridized carbons (Fsp3) is 1.00. The van der Waals surface area contributed by atoms with Crippen LogP contribution in [0.2, 0.25) is 0 Å². The molecule has 0 N–H and O–H groups in total. The van der Waals surface area contributed by atoms with Crippen LogP contribution in [0, 0.1) is 0 Å². The Morgan fingerprint density at radius 1 is 1.40 bits per heavy atom. The summed E-state index contributed by atoms with van der Waals surface area (Å²) in [5.41, 5.74) is 0. The Hall–Kier alpha value is 0.810. The van der Waals surface area contributed by atoms with Gasteiger partial charge < -0.3 is 18.9 Å². The first kappa shape index (κ1) is 10.8. The molecule has 0 fully saturated rings. The summed E-state index contributed by atoms with van der Waals surface area (Å²) in [5, 5.41) is 0. The normalized spacial score (nSPS) is 12.5. The summed E-state index contributed by atoms with van der Waals surface area (Å²) >= 11 is 2.33. The van der Waals surface area contributed by atoms with Gasteiger partial charge in [0.2, 0.25) is 0 Å². The maximum absolute atomic E-state index is 9.98. The molecule has 7 heteroatoms. The molecule has 0 heterocycles. The lowest BCUT2D eigenvalue weighted by Gasteiger charge is -2.31. The number of phosphoric ester groups is 1. The quantitative estimate of drug-likeness (QED) is 0.466. The minimum atomic E-state index is -4.80. The summed E-state index contributed by atoms with van der Waals surface area (Å²) in [6.07, 6.45) is 3.33. The Balaban J connectivity index is 3.75. The Morgan fingerprint density at radius 2 is 1.80 bits per heavy atom. The number of phosphoric acid groups is 1. The summed E-state index contributed by atoms with van der Waals surface area (Å²) in [7, 11) is -4.80. The highest BCUT2D eigenvalue weighted by molar-refractivity contribution is 8.16. The predicted octanol–water partition coefficient (Wildman–Crippen LogP) is -0.159. The predicted molar refractivity (Wildman–Crippen MR) is 39.5 cm³/mol. The molecule has 0 atom stereocenters. The van der Waals surface area contributed by atoms with E-state index in [1.165, 1.54) is 23.5 Å². The molecule has 0 aromatic heterocycles. The molecule has 0 rings (SSSR count). The molecular formula is C3H7O4PS2-2. The third-order valence-corrected chi connectivity index (χ3v) is 3.47. The van der Waals surface area contributed by atoms with Crippen LogP contribution in [0.4, 0.5) is 0 Å². The first-order chi connectivity index (χ1) is 4.49. The average molecular weight is 202 g/mol. The molecule has 0 aliphatic carbocycles. The van der Waals surface area contributed by atoms with Gasteiger partial charge in [-0.15, -0.1) is 23.5 Å². The van der Waals surface area contributed by atoms with E-state index in [1.807, 2.05) is 0 Å². The highest BCUT2D eigenvalue weighted by Gasteiger charge is 2.05. The first-order valence-corrected chi connectivity index (χ1v) is 6.29. The van der Waals surface area contributed by atoms with E-state index in [4.69, 9.17) is 0 Å². The van der Waals surface area contributed by atoms with Gasteiger partial charge in [0.05, 0.1) is 7.82 Å². The molecule has 0 radical (unpaired) electrons. The minimum Gasteiger partial charge on any atom is -0.790 e. The van der Waals surface area contributed by atoms with Crippen LogP contribution >= 0.6 is 31.3 Å².